The summed E-state index contributed by atoms with van der Waals surface area (Å²) in [4.78, 5) is 29.4. The van der Waals surface area contributed by atoms with Crippen LogP contribution in [0.25, 0.3) is 0 Å². The number of nitrogens with zero attached hydrogens (tertiary/aromatic N) is 2. The van der Waals surface area contributed by atoms with Crippen molar-refractivity contribution >= 4 is 12.0 Å². The first-order chi connectivity index (χ1) is 14.3. The number of likely N-dealkylation sites (tertiary alicyclic amines) is 2. The molecule has 0 spiro atoms. The first-order valence-electron chi connectivity index (χ1n) is 11.6. The Morgan fingerprint density at radius 1 is 1.07 bits per heavy atom. The van der Waals surface area contributed by atoms with Gasteiger partial charge in [0, 0.05) is 38.0 Å². The van der Waals surface area contributed by atoms with E-state index in [9.17, 15) is 9.59 Å². The number of carbonyl (C=O) groups excluding carboxylic acids is 2. The average molecular weight is 415 g/mol. The van der Waals surface area contributed by atoms with Crippen LogP contribution in [0.3, 0.4) is 0 Å². The van der Waals surface area contributed by atoms with E-state index >= 15 is 0 Å². The highest BCUT2D eigenvalue weighted by atomic mass is 16.6. The highest BCUT2D eigenvalue weighted by Gasteiger charge is 2.36. The SMILES string of the molecule is CC[C@@H](c1ccccc1)[C@@H]1CCCN1C(=O)CC1CCN(C(=O)OC(C)(C)C)CC1. The Balaban J connectivity index is 1.54. The van der Waals surface area contributed by atoms with E-state index in [1.807, 2.05) is 20.8 Å². The van der Waals surface area contributed by atoms with Crippen LogP contribution in [0.15, 0.2) is 30.3 Å². The van der Waals surface area contributed by atoms with Crippen molar-refractivity contribution in [1.82, 2.24) is 9.80 Å². The maximum Gasteiger partial charge on any atom is 0.410 e. The van der Waals surface area contributed by atoms with Gasteiger partial charge in [-0.3, -0.25) is 4.79 Å². The molecule has 2 heterocycles. The molecule has 0 bridgehead atoms. The smallest absolute Gasteiger partial charge is 0.410 e. The average Bonchev–Trinajstić information content (AvgIpc) is 3.18. The zero-order chi connectivity index (χ0) is 21.7. The van der Waals surface area contributed by atoms with Crippen LogP contribution in [0.2, 0.25) is 0 Å². The molecule has 0 aromatic heterocycles. The maximum absolute atomic E-state index is 13.2. The first kappa shape index (κ1) is 22.6. The minimum Gasteiger partial charge on any atom is -0.444 e. The molecule has 2 saturated heterocycles. The molecular formula is C25H38N2O3. The van der Waals surface area contributed by atoms with E-state index in [-0.39, 0.29) is 6.09 Å². The summed E-state index contributed by atoms with van der Waals surface area (Å²) in [5.41, 5.74) is 0.874. The Bertz CT molecular complexity index is 705. The lowest BCUT2D eigenvalue weighted by molar-refractivity contribution is -0.133. The number of carbonyl (C=O) groups is 2. The van der Waals surface area contributed by atoms with E-state index < -0.39 is 5.60 Å². The molecule has 2 atom stereocenters. The maximum atomic E-state index is 13.2. The Morgan fingerprint density at radius 2 is 1.73 bits per heavy atom. The molecule has 2 fully saturated rings. The van der Waals surface area contributed by atoms with E-state index in [2.05, 4.69) is 42.2 Å². The summed E-state index contributed by atoms with van der Waals surface area (Å²) in [6.45, 7) is 10.1. The number of rotatable bonds is 5. The van der Waals surface area contributed by atoms with E-state index in [1.54, 1.807) is 4.90 Å². The molecule has 0 N–H and O–H groups in total. The molecule has 5 heteroatoms. The summed E-state index contributed by atoms with van der Waals surface area (Å²) in [5, 5.41) is 0. The van der Waals surface area contributed by atoms with Gasteiger partial charge in [-0.1, -0.05) is 37.3 Å². The van der Waals surface area contributed by atoms with Crippen LogP contribution in [0.5, 0.6) is 0 Å². The summed E-state index contributed by atoms with van der Waals surface area (Å²) in [7, 11) is 0. The van der Waals surface area contributed by atoms with Crippen molar-refractivity contribution in [2.75, 3.05) is 19.6 Å². The first-order valence-corrected chi connectivity index (χ1v) is 11.6. The second-order valence-electron chi connectivity index (χ2n) is 9.84. The molecule has 1 aromatic carbocycles. The van der Waals surface area contributed by atoms with E-state index in [0.717, 1.165) is 38.6 Å². The van der Waals surface area contributed by atoms with Gasteiger partial charge in [-0.2, -0.15) is 0 Å². The molecule has 166 valence electrons. The third-order valence-electron chi connectivity index (χ3n) is 6.48. The fourth-order valence-corrected chi connectivity index (χ4v) is 4.96. The van der Waals surface area contributed by atoms with Crippen LogP contribution in [0.4, 0.5) is 4.79 Å². The minimum absolute atomic E-state index is 0.236. The van der Waals surface area contributed by atoms with Crippen molar-refractivity contribution in [2.24, 2.45) is 5.92 Å². The number of hydrogen-bond donors (Lipinski definition) is 0. The van der Waals surface area contributed by atoms with Crippen molar-refractivity contribution in [3.05, 3.63) is 35.9 Å². The molecule has 30 heavy (non-hydrogen) atoms. The Labute approximate surface area is 181 Å². The van der Waals surface area contributed by atoms with E-state index in [1.165, 1.54) is 5.56 Å². The standard InChI is InChI=1S/C25H38N2O3/c1-5-21(20-10-7-6-8-11-20)22-12-9-15-27(22)23(28)18-19-13-16-26(17-14-19)24(29)30-25(2,3)4/h6-8,10-11,19,21-22H,5,9,12-18H2,1-4H3/t21-,22-/m0/s1. The number of amides is 2. The van der Waals surface area contributed by atoms with Gasteiger partial charge in [-0.25, -0.2) is 4.79 Å². The normalized spacial score (nSPS) is 21.5. The lowest BCUT2D eigenvalue weighted by Gasteiger charge is -2.35. The summed E-state index contributed by atoms with van der Waals surface area (Å²) in [5.74, 6) is 1.06. The quantitative estimate of drug-likeness (QED) is 0.665. The van der Waals surface area contributed by atoms with E-state index in [0.29, 0.717) is 43.3 Å². The number of piperidine rings is 1. The number of ether oxygens (including phenoxy) is 1. The Morgan fingerprint density at radius 3 is 2.33 bits per heavy atom. The molecule has 2 aliphatic rings. The number of hydrogen-bond acceptors (Lipinski definition) is 3. The largest absolute Gasteiger partial charge is 0.444 e. The molecule has 2 amide bonds. The van der Waals surface area contributed by atoms with Crippen LogP contribution in [-0.2, 0) is 9.53 Å². The predicted molar refractivity (Wildman–Crippen MR) is 119 cm³/mol. The zero-order valence-electron chi connectivity index (χ0n) is 19.1. The highest BCUT2D eigenvalue weighted by Crippen LogP contribution is 2.35. The second kappa shape index (κ2) is 9.84. The third-order valence-corrected chi connectivity index (χ3v) is 6.48. The van der Waals surface area contributed by atoms with Crippen molar-refractivity contribution in [3.63, 3.8) is 0 Å². The molecular weight excluding hydrogens is 376 g/mol. The van der Waals surface area contributed by atoms with Crippen molar-refractivity contribution < 1.29 is 14.3 Å². The van der Waals surface area contributed by atoms with Gasteiger partial charge in [0.05, 0.1) is 0 Å². The molecule has 0 saturated carbocycles. The second-order valence-corrected chi connectivity index (χ2v) is 9.84. The molecule has 0 radical (unpaired) electrons. The molecule has 0 unspecified atom stereocenters. The number of benzene rings is 1. The molecule has 3 rings (SSSR count). The molecule has 0 aliphatic carbocycles. The monoisotopic (exact) mass is 414 g/mol. The predicted octanol–water partition coefficient (Wildman–Crippen LogP) is 5.21. The van der Waals surface area contributed by atoms with Crippen LogP contribution < -0.4 is 0 Å². The van der Waals surface area contributed by atoms with Crippen LogP contribution in [-0.4, -0.2) is 53.1 Å². The van der Waals surface area contributed by atoms with Gasteiger partial charge in [0.1, 0.15) is 5.60 Å². The van der Waals surface area contributed by atoms with Crippen LogP contribution in [0, 0.1) is 5.92 Å². The van der Waals surface area contributed by atoms with Gasteiger partial charge in [0.25, 0.3) is 0 Å². The highest BCUT2D eigenvalue weighted by molar-refractivity contribution is 5.77. The Hall–Kier alpha value is -2.04. The van der Waals surface area contributed by atoms with Gasteiger partial charge >= 0.3 is 6.09 Å². The zero-order valence-corrected chi connectivity index (χ0v) is 19.1. The molecule has 5 nitrogen and oxygen atoms in total. The van der Waals surface area contributed by atoms with Crippen molar-refractivity contribution in [1.29, 1.82) is 0 Å². The minimum atomic E-state index is -0.469. The summed E-state index contributed by atoms with van der Waals surface area (Å²) in [6, 6.07) is 10.9. The summed E-state index contributed by atoms with van der Waals surface area (Å²) in [6.07, 6.45) is 5.35. The van der Waals surface area contributed by atoms with Gasteiger partial charge in [-0.15, -0.1) is 0 Å². The van der Waals surface area contributed by atoms with Crippen molar-refractivity contribution in [3.8, 4) is 0 Å². The topological polar surface area (TPSA) is 49.9 Å². The van der Waals surface area contributed by atoms with Crippen LogP contribution in [0.1, 0.15) is 77.7 Å². The van der Waals surface area contributed by atoms with Gasteiger partial charge in [0.15, 0.2) is 0 Å². The fourth-order valence-electron chi connectivity index (χ4n) is 4.96. The lowest BCUT2D eigenvalue weighted by Crippen LogP contribution is -2.43. The van der Waals surface area contributed by atoms with E-state index in [4.69, 9.17) is 4.74 Å². The third kappa shape index (κ3) is 5.77. The van der Waals surface area contributed by atoms with Gasteiger partial charge in [-0.05, 0) is 64.4 Å². The van der Waals surface area contributed by atoms with Gasteiger partial charge < -0.3 is 14.5 Å². The van der Waals surface area contributed by atoms with Crippen LogP contribution >= 0.6 is 0 Å². The Kier molecular flexibility index (Phi) is 7.43. The fraction of sp³-hybridized carbons (Fsp3) is 0.680. The van der Waals surface area contributed by atoms with Crippen molar-refractivity contribution in [2.45, 2.75) is 83.8 Å². The summed E-state index contributed by atoms with van der Waals surface area (Å²) >= 11 is 0. The molecule has 2 aliphatic heterocycles. The van der Waals surface area contributed by atoms with Gasteiger partial charge in [0.2, 0.25) is 5.91 Å². The molecule has 1 aromatic rings. The lowest BCUT2D eigenvalue weighted by atomic mass is 9.87. The summed E-state index contributed by atoms with van der Waals surface area (Å²) < 4.78 is 5.48.